The normalized spacial score (nSPS) is 27.5. The van der Waals surface area contributed by atoms with E-state index in [1.165, 1.54) is 18.4 Å². The molecule has 0 heterocycles. The maximum absolute atomic E-state index is 6.26. The van der Waals surface area contributed by atoms with E-state index >= 15 is 0 Å². The van der Waals surface area contributed by atoms with Crippen molar-refractivity contribution in [3.63, 3.8) is 0 Å². The van der Waals surface area contributed by atoms with Gasteiger partial charge in [-0.05, 0) is 55.8 Å². The molecular weight excluding hydrogens is 234 g/mol. The third-order valence-corrected chi connectivity index (χ3v) is 4.24. The lowest BCUT2D eigenvalue weighted by molar-refractivity contribution is 0.0943. The van der Waals surface area contributed by atoms with E-state index in [9.17, 15) is 0 Å². The Kier molecular flexibility index (Phi) is 4.87. The molecule has 0 amide bonds. The van der Waals surface area contributed by atoms with Gasteiger partial charge in [0.05, 0.1) is 0 Å². The Morgan fingerprint density at radius 1 is 1.26 bits per heavy atom. The summed E-state index contributed by atoms with van der Waals surface area (Å²) in [7, 11) is 2.04. The first-order valence-electron chi connectivity index (χ1n) is 7.54. The molecular formula is C17H27NO. The maximum Gasteiger partial charge on any atom is 0.120 e. The molecule has 3 unspecified atom stereocenters. The fourth-order valence-electron chi connectivity index (χ4n) is 2.91. The summed E-state index contributed by atoms with van der Waals surface area (Å²) in [5.74, 6) is 2.34. The van der Waals surface area contributed by atoms with E-state index in [-0.39, 0.29) is 0 Å². The van der Waals surface area contributed by atoms with Crippen molar-refractivity contribution in [2.45, 2.75) is 58.1 Å². The molecule has 1 aliphatic rings. The van der Waals surface area contributed by atoms with Crippen LogP contribution in [0.5, 0.6) is 5.75 Å². The van der Waals surface area contributed by atoms with E-state index < -0.39 is 0 Å². The van der Waals surface area contributed by atoms with Crippen LogP contribution in [0, 0.1) is 5.92 Å². The first-order chi connectivity index (χ1) is 9.10. The number of nitrogens with one attached hydrogen (secondary N) is 1. The molecule has 1 fully saturated rings. The highest BCUT2D eigenvalue weighted by atomic mass is 16.5. The lowest BCUT2D eigenvalue weighted by Crippen LogP contribution is -2.45. The summed E-state index contributed by atoms with van der Waals surface area (Å²) in [6, 6.07) is 9.04. The quantitative estimate of drug-likeness (QED) is 0.885. The third kappa shape index (κ3) is 3.73. The number of ether oxygens (including phenoxy) is 1. The molecule has 1 aliphatic carbocycles. The van der Waals surface area contributed by atoms with E-state index in [4.69, 9.17) is 4.74 Å². The molecule has 0 aliphatic heterocycles. The predicted molar refractivity (Wildman–Crippen MR) is 80.8 cm³/mol. The molecule has 2 heteroatoms. The summed E-state index contributed by atoms with van der Waals surface area (Å²) in [5, 5.41) is 3.41. The Morgan fingerprint density at radius 2 is 2.05 bits per heavy atom. The van der Waals surface area contributed by atoms with Crippen LogP contribution in [-0.4, -0.2) is 19.2 Å². The number of benzene rings is 1. The largest absolute Gasteiger partial charge is 0.489 e. The van der Waals surface area contributed by atoms with Gasteiger partial charge in [-0.2, -0.15) is 0 Å². The Labute approximate surface area is 117 Å². The highest BCUT2D eigenvalue weighted by Crippen LogP contribution is 2.29. The van der Waals surface area contributed by atoms with Crippen LogP contribution in [0.15, 0.2) is 24.3 Å². The zero-order valence-corrected chi connectivity index (χ0v) is 12.6. The second-order valence-electron chi connectivity index (χ2n) is 6.20. The molecule has 2 nitrogen and oxygen atoms in total. The SMILES string of the molecule is CNC1CCC(C)CC1Oc1cccc(C(C)C)c1. The van der Waals surface area contributed by atoms with Crippen LogP contribution in [0.4, 0.5) is 0 Å². The average molecular weight is 261 g/mol. The lowest BCUT2D eigenvalue weighted by atomic mass is 9.85. The van der Waals surface area contributed by atoms with E-state index in [2.05, 4.69) is 50.4 Å². The summed E-state index contributed by atoms with van der Waals surface area (Å²) in [4.78, 5) is 0. The first-order valence-corrected chi connectivity index (χ1v) is 7.54. The summed E-state index contributed by atoms with van der Waals surface area (Å²) >= 11 is 0. The minimum absolute atomic E-state index is 0.302. The van der Waals surface area contributed by atoms with Crippen molar-refractivity contribution < 1.29 is 4.74 Å². The van der Waals surface area contributed by atoms with Crippen LogP contribution < -0.4 is 10.1 Å². The van der Waals surface area contributed by atoms with E-state index in [0.29, 0.717) is 18.1 Å². The second-order valence-corrected chi connectivity index (χ2v) is 6.20. The van der Waals surface area contributed by atoms with Gasteiger partial charge in [-0.25, -0.2) is 0 Å². The van der Waals surface area contributed by atoms with Crippen LogP contribution in [-0.2, 0) is 0 Å². The van der Waals surface area contributed by atoms with E-state index in [0.717, 1.165) is 18.1 Å². The monoisotopic (exact) mass is 261 g/mol. The zero-order valence-electron chi connectivity index (χ0n) is 12.6. The molecule has 0 saturated heterocycles. The van der Waals surface area contributed by atoms with Crippen LogP contribution in [0.2, 0.25) is 0 Å². The van der Waals surface area contributed by atoms with Gasteiger partial charge >= 0.3 is 0 Å². The van der Waals surface area contributed by atoms with Gasteiger partial charge in [0.15, 0.2) is 0 Å². The highest BCUT2D eigenvalue weighted by molar-refractivity contribution is 5.30. The smallest absolute Gasteiger partial charge is 0.120 e. The van der Waals surface area contributed by atoms with Gasteiger partial charge in [-0.1, -0.05) is 32.9 Å². The molecule has 1 N–H and O–H groups in total. The van der Waals surface area contributed by atoms with E-state index in [1.807, 2.05) is 7.05 Å². The minimum atomic E-state index is 0.302. The van der Waals surface area contributed by atoms with Crippen LogP contribution in [0.3, 0.4) is 0 Å². The van der Waals surface area contributed by atoms with Crippen molar-refractivity contribution >= 4 is 0 Å². The van der Waals surface area contributed by atoms with Crippen molar-refractivity contribution in [2.75, 3.05) is 7.05 Å². The fourth-order valence-corrected chi connectivity index (χ4v) is 2.91. The van der Waals surface area contributed by atoms with Gasteiger partial charge in [0.2, 0.25) is 0 Å². The molecule has 0 bridgehead atoms. The molecule has 19 heavy (non-hydrogen) atoms. The summed E-state index contributed by atoms with van der Waals surface area (Å²) in [6.07, 6.45) is 3.97. The van der Waals surface area contributed by atoms with Gasteiger partial charge in [0.1, 0.15) is 11.9 Å². The molecule has 1 saturated carbocycles. The standard InChI is InChI=1S/C17H27NO/c1-12(2)14-6-5-7-15(11-14)19-17-10-13(3)8-9-16(17)18-4/h5-7,11-13,16-18H,8-10H2,1-4H3. The third-order valence-electron chi connectivity index (χ3n) is 4.24. The lowest BCUT2D eigenvalue weighted by Gasteiger charge is -2.35. The molecule has 0 spiro atoms. The van der Waals surface area contributed by atoms with Gasteiger partial charge < -0.3 is 10.1 Å². The average Bonchev–Trinajstić information content (AvgIpc) is 2.39. The molecule has 2 rings (SSSR count). The second kappa shape index (κ2) is 6.42. The Morgan fingerprint density at radius 3 is 2.74 bits per heavy atom. The summed E-state index contributed by atoms with van der Waals surface area (Å²) < 4.78 is 6.26. The van der Waals surface area contributed by atoms with Crippen molar-refractivity contribution in [3.05, 3.63) is 29.8 Å². The maximum atomic E-state index is 6.26. The Hall–Kier alpha value is -1.02. The number of rotatable bonds is 4. The molecule has 1 aromatic carbocycles. The molecule has 0 aromatic heterocycles. The topological polar surface area (TPSA) is 21.3 Å². The van der Waals surface area contributed by atoms with Gasteiger partial charge in [-0.3, -0.25) is 0 Å². The van der Waals surface area contributed by atoms with Crippen LogP contribution >= 0.6 is 0 Å². The van der Waals surface area contributed by atoms with Gasteiger partial charge in [0.25, 0.3) is 0 Å². The van der Waals surface area contributed by atoms with Crippen molar-refractivity contribution in [3.8, 4) is 5.75 Å². The van der Waals surface area contributed by atoms with Gasteiger partial charge in [-0.15, -0.1) is 0 Å². The van der Waals surface area contributed by atoms with Gasteiger partial charge in [0, 0.05) is 6.04 Å². The van der Waals surface area contributed by atoms with E-state index in [1.54, 1.807) is 0 Å². The van der Waals surface area contributed by atoms with Crippen LogP contribution in [0.25, 0.3) is 0 Å². The highest BCUT2D eigenvalue weighted by Gasteiger charge is 2.29. The Bertz CT molecular complexity index is 402. The fraction of sp³-hybridized carbons (Fsp3) is 0.647. The minimum Gasteiger partial charge on any atom is -0.489 e. The predicted octanol–water partition coefficient (Wildman–Crippen LogP) is 3.97. The zero-order chi connectivity index (χ0) is 13.8. The van der Waals surface area contributed by atoms with Crippen molar-refractivity contribution in [2.24, 2.45) is 5.92 Å². The number of hydrogen-bond acceptors (Lipinski definition) is 2. The van der Waals surface area contributed by atoms with Crippen LogP contribution in [0.1, 0.15) is 51.5 Å². The molecule has 3 atom stereocenters. The summed E-state index contributed by atoms with van der Waals surface area (Å²) in [5.41, 5.74) is 1.35. The molecule has 0 radical (unpaired) electrons. The van der Waals surface area contributed by atoms with Crippen molar-refractivity contribution in [1.82, 2.24) is 5.32 Å². The number of likely N-dealkylation sites (N-methyl/N-ethyl adjacent to an activating group) is 1. The molecule has 106 valence electrons. The molecule has 1 aromatic rings. The van der Waals surface area contributed by atoms with Crippen molar-refractivity contribution in [1.29, 1.82) is 0 Å². The first kappa shape index (κ1) is 14.4. The Balaban J connectivity index is 2.08. The summed E-state index contributed by atoms with van der Waals surface area (Å²) in [6.45, 7) is 6.77. The number of hydrogen-bond donors (Lipinski definition) is 1.